The molecular weight excluding hydrogens is 813 g/mol. The van der Waals surface area contributed by atoms with Crippen molar-refractivity contribution in [1.82, 2.24) is 0 Å². The van der Waals surface area contributed by atoms with Gasteiger partial charge in [-0.15, -0.1) is 0 Å². The first-order valence-electron chi connectivity index (χ1n) is 26.7. The molecule has 372 valence electrons. The van der Waals surface area contributed by atoms with Crippen molar-refractivity contribution >= 4 is 11.9 Å². The van der Waals surface area contributed by atoms with E-state index in [0.717, 1.165) is 122 Å². The number of carbonyl (C=O) groups is 2. The van der Waals surface area contributed by atoms with Crippen LogP contribution in [0.2, 0.25) is 0 Å². The zero-order valence-electron chi connectivity index (χ0n) is 42.4. The summed E-state index contributed by atoms with van der Waals surface area (Å²) in [5.41, 5.74) is 0. The van der Waals surface area contributed by atoms with E-state index in [9.17, 15) is 14.7 Å². The van der Waals surface area contributed by atoms with Crippen LogP contribution in [-0.4, -0.2) is 36.4 Å². The molecule has 0 aliphatic heterocycles. The molecule has 5 heteroatoms. The SMILES string of the molecule is CC/C=C\C/C=C\C/C=C\C/C=C\C/C=C\C/C=C\C/C=C\C/C=C\CCCCCCCCCCCCCCC(=O)OC(CO)COC(=O)CCCCCCC/C=C\C/C=C\C/C=C\CC. The number of hydrogen-bond donors (Lipinski definition) is 1. The van der Waals surface area contributed by atoms with Gasteiger partial charge in [0.05, 0.1) is 6.61 Å². The number of hydrogen-bond acceptors (Lipinski definition) is 5. The van der Waals surface area contributed by atoms with Gasteiger partial charge in [0.2, 0.25) is 0 Å². The summed E-state index contributed by atoms with van der Waals surface area (Å²) in [5.74, 6) is -0.620. The van der Waals surface area contributed by atoms with Crippen LogP contribution in [0.1, 0.15) is 219 Å². The van der Waals surface area contributed by atoms with Crippen molar-refractivity contribution in [3.63, 3.8) is 0 Å². The minimum Gasteiger partial charge on any atom is -0.462 e. The second kappa shape index (κ2) is 55.4. The van der Waals surface area contributed by atoms with Gasteiger partial charge in [-0.05, 0) is 109 Å². The molecule has 0 aromatic rings. The topological polar surface area (TPSA) is 72.8 Å². The molecular formula is C61H98O5. The van der Waals surface area contributed by atoms with Crippen molar-refractivity contribution in [2.45, 2.75) is 225 Å². The second-order valence-corrected chi connectivity index (χ2v) is 17.2. The van der Waals surface area contributed by atoms with Gasteiger partial charge in [0, 0.05) is 12.8 Å². The van der Waals surface area contributed by atoms with Gasteiger partial charge in [0.25, 0.3) is 0 Å². The van der Waals surface area contributed by atoms with Gasteiger partial charge < -0.3 is 14.6 Å². The third-order valence-electron chi connectivity index (χ3n) is 10.9. The number of rotatable bonds is 47. The van der Waals surface area contributed by atoms with Crippen LogP contribution in [0.5, 0.6) is 0 Å². The highest BCUT2D eigenvalue weighted by molar-refractivity contribution is 5.70. The molecule has 0 aliphatic rings. The predicted octanol–water partition coefficient (Wildman–Crippen LogP) is 18.1. The number of esters is 2. The highest BCUT2D eigenvalue weighted by atomic mass is 16.6. The molecule has 1 unspecified atom stereocenters. The van der Waals surface area contributed by atoms with E-state index in [1.165, 1.54) is 70.6 Å². The molecule has 1 atom stereocenters. The smallest absolute Gasteiger partial charge is 0.306 e. The highest BCUT2D eigenvalue weighted by Gasteiger charge is 2.16. The van der Waals surface area contributed by atoms with Crippen LogP contribution in [0, 0.1) is 0 Å². The van der Waals surface area contributed by atoms with Crippen LogP contribution in [0.3, 0.4) is 0 Å². The van der Waals surface area contributed by atoms with Crippen LogP contribution in [-0.2, 0) is 19.1 Å². The first-order valence-corrected chi connectivity index (χ1v) is 26.7. The van der Waals surface area contributed by atoms with Crippen molar-refractivity contribution in [3.05, 3.63) is 134 Å². The van der Waals surface area contributed by atoms with E-state index < -0.39 is 6.10 Å². The van der Waals surface area contributed by atoms with Crippen LogP contribution in [0.15, 0.2) is 134 Å². The van der Waals surface area contributed by atoms with Gasteiger partial charge in [-0.1, -0.05) is 231 Å². The summed E-state index contributed by atoms with van der Waals surface area (Å²) in [6, 6.07) is 0. The molecule has 1 N–H and O–H groups in total. The minimum atomic E-state index is -0.789. The number of carbonyl (C=O) groups excluding carboxylic acids is 2. The Morgan fingerprint density at radius 1 is 0.348 bits per heavy atom. The third kappa shape index (κ3) is 52.7. The molecule has 5 nitrogen and oxygen atoms in total. The molecule has 0 aromatic carbocycles. The van der Waals surface area contributed by atoms with Gasteiger partial charge in [0.1, 0.15) is 6.61 Å². The first-order chi connectivity index (χ1) is 32.6. The van der Waals surface area contributed by atoms with Crippen molar-refractivity contribution in [3.8, 4) is 0 Å². The lowest BCUT2D eigenvalue weighted by Crippen LogP contribution is -2.28. The Morgan fingerprint density at radius 3 is 0.909 bits per heavy atom. The first kappa shape index (κ1) is 62.0. The summed E-state index contributed by atoms with van der Waals surface area (Å²) in [5, 5.41) is 9.62. The van der Waals surface area contributed by atoms with E-state index in [1.807, 2.05) is 0 Å². The summed E-state index contributed by atoms with van der Waals surface area (Å²) in [6.45, 7) is 3.89. The molecule has 0 fully saturated rings. The van der Waals surface area contributed by atoms with E-state index in [0.29, 0.717) is 12.8 Å². The largest absolute Gasteiger partial charge is 0.462 e. The Balaban J connectivity index is 3.56. The summed E-state index contributed by atoms with van der Waals surface area (Å²) in [7, 11) is 0. The number of aliphatic hydroxyl groups is 1. The average Bonchev–Trinajstić information content (AvgIpc) is 3.32. The monoisotopic (exact) mass is 911 g/mol. The lowest BCUT2D eigenvalue weighted by molar-refractivity contribution is -0.161. The standard InChI is InChI=1S/C61H98O5/c1-3-5-7-9-11-13-15-17-19-20-21-22-23-24-25-26-27-28-29-30-31-32-33-34-35-36-37-38-39-40-42-44-46-48-50-52-54-56-61(64)66-59(57-62)58-65-60(63)55-53-51-49-47-45-43-41-18-16-14-12-10-8-6-4-2/h5-8,11-14,17-19,21-22,24-25,27-28,30-31,33-34,41,59,62H,3-4,9-10,15-16,20,23,26,29,32,35-40,42-58H2,1-2H3/b7-5-,8-6-,13-11-,14-12-,19-17-,22-21-,25-24-,28-27-,31-30-,34-33-,41-18-. The fraction of sp³-hybridized carbons (Fsp3) is 0.607. The fourth-order valence-electron chi connectivity index (χ4n) is 7.00. The van der Waals surface area contributed by atoms with E-state index in [4.69, 9.17) is 9.47 Å². The third-order valence-corrected chi connectivity index (χ3v) is 10.9. The second-order valence-electron chi connectivity index (χ2n) is 17.2. The van der Waals surface area contributed by atoms with Crippen molar-refractivity contribution in [2.24, 2.45) is 0 Å². The van der Waals surface area contributed by atoms with Gasteiger partial charge in [-0.2, -0.15) is 0 Å². The van der Waals surface area contributed by atoms with Crippen molar-refractivity contribution in [1.29, 1.82) is 0 Å². The molecule has 0 saturated heterocycles. The molecule has 0 aromatic heterocycles. The van der Waals surface area contributed by atoms with Gasteiger partial charge in [-0.25, -0.2) is 0 Å². The quantitative estimate of drug-likeness (QED) is 0.0374. The Hall–Kier alpha value is -3.96. The Kier molecular flexibility index (Phi) is 52.0. The molecule has 0 heterocycles. The van der Waals surface area contributed by atoms with Crippen LogP contribution < -0.4 is 0 Å². The number of unbranched alkanes of at least 4 members (excludes halogenated alkanes) is 17. The van der Waals surface area contributed by atoms with E-state index in [1.54, 1.807) is 0 Å². The Morgan fingerprint density at radius 2 is 0.606 bits per heavy atom. The summed E-state index contributed by atoms with van der Waals surface area (Å²) in [6.07, 6.45) is 82.7. The molecule has 66 heavy (non-hydrogen) atoms. The highest BCUT2D eigenvalue weighted by Crippen LogP contribution is 2.14. The Bertz CT molecular complexity index is 1400. The van der Waals surface area contributed by atoms with Gasteiger partial charge in [-0.3, -0.25) is 9.59 Å². The molecule has 0 bridgehead atoms. The molecule has 0 aliphatic carbocycles. The zero-order chi connectivity index (χ0) is 47.7. The Labute approximate surface area is 406 Å². The number of ether oxygens (including phenoxy) is 2. The predicted molar refractivity (Wildman–Crippen MR) is 288 cm³/mol. The maximum atomic E-state index is 12.3. The molecule has 0 saturated carbocycles. The van der Waals surface area contributed by atoms with Crippen molar-refractivity contribution in [2.75, 3.05) is 13.2 Å². The fourth-order valence-corrected chi connectivity index (χ4v) is 7.00. The molecule has 0 radical (unpaired) electrons. The zero-order valence-corrected chi connectivity index (χ0v) is 42.4. The summed E-state index contributed by atoms with van der Waals surface area (Å²) < 4.78 is 10.7. The van der Waals surface area contributed by atoms with E-state index in [-0.39, 0.29) is 25.2 Å². The number of aliphatic hydroxyl groups excluding tert-OH is 1. The number of allylic oxidation sites excluding steroid dienone is 22. The summed E-state index contributed by atoms with van der Waals surface area (Å²) in [4.78, 5) is 24.4. The maximum absolute atomic E-state index is 12.3. The van der Waals surface area contributed by atoms with E-state index in [2.05, 4.69) is 148 Å². The molecule has 0 rings (SSSR count). The van der Waals surface area contributed by atoms with Crippen LogP contribution >= 0.6 is 0 Å². The van der Waals surface area contributed by atoms with Gasteiger partial charge >= 0.3 is 11.9 Å². The maximum Gasteiger partial charge on any atom is 0.306 e. The normalized spacial score (nSPS) is 13.3. The lowest BCUT2D eigenvalue weighted by atomic mass is 10.0. The molecule has 0 spiro atoms. The van der Waals surface area contributed by atoms with Gasteiger partial charge in [0.15, 0.2) is 6.10 Å². The van der Waals surface area contributed by atoms with Crippen molar-refractivity contribution < 1.29 is 24.2 Å². The molecule has 0 amide bonds. The lowest BCUT2D eigenvalue weighted by Gasteiger charge is -2.15. The summed E-state index contributed by atoms with van der Waals surface area (Å²) >= 11 is 0. The van der Waals surface area contributed by atoms with E-state index >= 15 is 0 Å². The van der Waals surface area contributed by atoms with Crippen LogP contribution in [0.4, 0.5) is 0 Å². The van der Waals surface area contributed by atoms with Crippen LogP contribution in [0.25, 0.3) is 0 Å². The average molecular weight is 911 g/mol. The minimum absolute atomic E-state index is 0.0822.